The standard InChI is InChI=1S/C77H120N16O29P2/c94-61(15-4-9-37-91-50-54(87-89-91)12-1-6-32-82-76(107)84-52-18-22-56(23-19-52)119-74-71(104)69(102)67(100)59(121-74)29-48-123(109,110)111)78-31-8-3-14-58(73(106)81-36-41-116-43-45-118-47-46-117-44-42-115-40-28-63(96)80-35-39-93-65(98)26-27-66(93)99)86-64(97)17-11-34-79-62(95)16-5-10-38-92-51-55(88-90-92)13-2-7-33-83-77(108)85-53-20-24-57(25-21-53)120-75-72(105)70(103)68(101)60(122-75)30-49-124(112,113)114/h18-27,50-51,58-60,67-72,74-75,100-105H,1-17,28-49H2,(H,78,94)(H,79,95)(H,80,96)(H,81,106)(H,86,97)(H2,82,84,107)(H2,83,85,108)(H2,109,110,111)(H2,112,113,114)/t58-,59+,60+,67+,68+,69-,70-,71-,72-,74-,75-/m0/s1. The zero-order chi connectivity index (χ0) is 89.7. The van der Waals surface area contributed by atoms with Crippen molar-refractivity contribution < 1.29 is 140 Å². The van der Waals surface area contributed by atoms with Crippen molar-refractivity contribution in [1.29, 1.82) is 0 Å². The number of ether oxygens (including phenoxy) is 8. The summed E-state index contributed by atoms with van der Waals surface area (Å²) in [6.07, 6.45) is -2.40. The highest BCUT2D eigenvalue weighted by atomic mass is 31.2. The molecule has 45 nitrogen and oxygen atoms in total. The minimum absolute atomic E-state index is 0.0363. The first-order chi connectivity index (χ1) is 59.4. The summed E-state index contributed by atoms with van der Waals surface area (Å²) < 4.78 is 70.6. The van der Waals surface area contributed by atoms with Gasteiger partial charge in [0.25, 0.3) is 11.8 Å². The fourth-order valence-electron chi connectivity index (χ4n) is 12.7. The number of unbranched alkanes of at least 4 members (excludes halogenated alkanes) is 5. The molecule has 0 unspecified atom stereocenters. The number of amides is 11. The Labute approximate surface area is 716 Å². The molecule has 3 aliphatic rings. The summed E-state index contributed by atoms with van der Waals surface area (Å²) >= 11 is 0. The number of benzene rings is 2. The third-order valence-electron chi connectivity index (χ3n) is 19.5. The van der Waals surface area contributed by atoms with Crippen molar-refractivity contribution >= 4 is 80.0 Å². The smallest absolute Gasteiger partial charge is 0.325 e. The Balaban J connectivity index is 0.713. The lowest BCUT2D eigenvalue weighted by molar-refractivity contribution is -0.272. The molecule has 2 fully saturated rings. The summed E-state index contributed by atoms with van der Waals surface area (Å²) in [5.74, 6) is -1.86. The van der Waals surface area contributed by atoms with Crippen molar-refractivity contribution in [3.63, 3.8) is 0 Å². The van der Waals surface area contributed by atoms with Crippen LogP contribution in [0, 0.1) is 0 Å². The van der Waals surface area contributed by atoms with E-state index in [1.807, 2.05) is 12.4 Å². The molecule has 124 heavy (non-hydrogen) atoms. The van der Waals surface area contributed by atoms with Gasteiger partial charge < -0.3 is 136 Å². The number of aryl methyl sites for hydroxylation is 4. The van der Waals surface area contributed by atoms with Gasteiger partial charge in [0, 0.05) is 121 Å². The van der Waals surface area contributed by atoms with Gasteiger partial charge in [-0.1, -0.05) is 10.4 Å². The summed E-state index contributed by atoms with van der Waals surface area (Å²) in [6, 6.07) is 10.2. The number of rotatable bonds is 61. The number of nitrogens with zero attached hydrogens (tertiary/aromatic N) is 7. The monoisotopic (exact) mass is 1790 g/mol. The molecule has 47 heteroatoms. The third-order valence-corrected chi connectivity index (χ3v) is 21.2. The fourth-order valence-corrected chi connectivity index (χ4v) is 13.9. The summed E-state index contributed by atoms with van der Waals surface area (Å²) in [5.41, 5.74) is 2.37. The van der Waals surface area contributed by atoms with E-state index >= 15 is 0 Å². The minimum atomic E-state index is -4.43. The number of urea groups is 2. The fraction of sp³-hybridized carbons (Fsp3) is 0.649. The van der Waals surface area contributed by atoms with E-state index in [1.54, 1.807) is 9.36 Å². The largest absolute Gasteiger partial charge is 0.462 e. The number of aliphatic hydroxyl groups is 6. The van der Waals surface area contributed by atoms with Crippen molar-refractivity contribution in [1.82, 2.24) is 72.1 Å². The number of hydrogen-bond acceptors (Lipinski definition) is 29. The van der Waals surface area contributed by atoms with Gasteiger partial charge in [-0.15, -0.1) is 10.2 Å². The van der Waals surface area contributed by atoms with Crippen LogP contribution in [-0.2, 0) is 97.0 Å². The average Bonchev–Trinajstić information content (AvgIpc) is 1.21. The Morgan fingerprint density at radius 3 is 1.31 bits per heavy atom. The number of carbonyl (C=O) groups is 9. The van der Waals surface area contributed by atoms with E-state index in [2.05, 4.69) is 68.5 Å². The molecule has 0 radical (unpaired) electrons. The molecule has 4 aromatic rings. The number of imide groups is 1. The first kappa shape index (κ1) is 102. The number of aliphatic hydroxyl groups excluding tert-OH is 6. The van der Waals surface area contributed by atoms with Crippen LogP contribution in [0.2, 0.25) is 0 Å². The molecule has 5 heterocycles. The third kappa shape index (κ3) is 40.5. The maximum Gasteiger partial charge on any atom is 0.325 e. The van der Waals surface area contributed by atoms with Gasteiger partial charge in [0.05, 0.1) is 88.8 Å². The van der Waals surface area contributed by atoms with E-state index in [9.17, 15) is 102 Å². The van der Waals surface area contributed by atoms with Crippen LogP contribution in [0.3, 0.4) is 0 Å². The second-order valence-corrected chi connectivity index (χ2v) is 33.2. The number of anilines is 2. The van der Waals surface area contributed by atoms with E-state index in [-0.39, 0.29) is 159 Å². The Kier molecular flexibility index (Phi) is 45.6. The maximum absolute atomic E-state index is 13.5. The van der Waals surface area contributed by atoms with Gasteiger partial charge in [0.2, 0.25) is 42.1 Å². The molecule has 3 aliphatic heterocycles. The van der Waals surface area contributed by atoms with Gasteiger partial charge in [-0.05, 0) is 151 Å². The van der Waals surface area contributed by atoms with Gasteiger partial charge in [-0.2, -0.15) is 0 Å². The lowest BCUT2D eigenvalue weighted by atomic mass is 9.97. The molecule has 11 amide bonds. The number of hydrogen-bond donors (Lipinski definition) is 19. The van der Waals surface area contributed by atoms with Crippen LogP contribution < -0.4 is 57.3 Å². The normalized spacial score (nSPS) is 19.8. The second-order valence-electron chi connectivity index (χ2n) is 29.6. The first-order valence-corrected chi connectivity index (χ1v) is 45.2. The molecule has 7 rings (SSSR count). The topological polar surface area (TPSA) is 637 Å². The highest BCUT2D eigenvalue weighted by Crippen LogP contribution is 2.39. The molecule has 0 aliphatic carbocycles. The molecule has 2 aromatic heterocycles. The Morgan fingerprint density at radius 1 is 0.427 bits per heavy atom. The average molecular weight is 1800 g/mol. The molecule has 0 spiro atoms. The molecule has 19 N–H and O–H groups in total. The van der Waals surface area contributed by atoms with E-state index in [4.69, 9.17) is 37.9 Å². The Hall–Kier alpha value is -9.09. The second kappa shape index (κ2) is 55.4. The molecule has 692 valence electrons. The van der Waals surface area contributed by atoms with E-state index in [0.29, 0.717) is 128 Å². The first-order valence-electron chi connectivity index (χ1n) is 41.6. The molecule has 0 saturated carbocycles. The summed E-state index contributed by atoms with van der Waals surface area (Å²) in [4.78, 5) is 151. The Bertz CT molecular complexity index is 4030. The van der Waals surface area contributed by atoms with E-state index < -0.39 is 125 Å². The van der Waals surface area contributed by atoms with Crippen LogP contribution >= 0.6 is 15.2 Å². The van der Waals surface area contributed by atoms with E-state index in [0.717, 1.165) is 16.3 Å². The number of nitrogens with one attached hydrogen (secondary N) is 9. The summed E-state index contributed by atoms with van der Waals surface area (Å²) in [7, 11) is -8.85. The number of carbonyl (C=O) groups excluding carboxylic acids is 9. The van der Waals surface area contributed by atoms with Crippen LogP contribution in [0.4, 0.5) is 21.0 Å². The maximum atomic E-state index is 13.5. The molecular formula is C77H120N16O29P2. The van der Waals surface area contributed by atoms with Gasteiger partial charge in [0.15, 0.2) is 0 Å². The molecular weight excluding hydrogens is 1670 g/mol. The SMILES string of the molecule is O=C(CCCCn1cc(CCCCNC(=O)Nc2ccc(O[C@H]3O[C@H](CCP(=O)(O)O)[C@@H](O)[C@H](O)[C@@H]3O)cc2)nn1)NCCCC[C@H](NC(=O)CCCNC(=O)CCCCn1cc(CCCCNC(=O)Nc2ccc(O[C@H]3O[C@H](CCP(=O)(O)O)[C@@H](O)[C@H](O)[C@@H]3O)cc2)nn1)C(=O)NCCOCCOCCOCCOCCC(=O)NCCN1C(=O)C=CC1=O. The molecule has 2 aromatic carbocycles. The van der Waals surface area contributed by atoms with Crippen LogP contribution in [0.25, 0.3) is 0 Å². The van der Waals surface area contributed by atoms with Crippen molar-refractivity contribution in [2.45, 2.75) is 209 Å². The zero-order valence-corrected chi connectivity index (χ0v) is 70.9. The van der Waals surface area contributed by atoms with Crippen LogP contribution in [-0.4, -0.2) is 317 Å². The van der Waals surface area contributed by atoms with Crippen molar-refractivity contribution in [3.05, 3.63) is 84.5 Å². The van der Waals surface area contributed by atoms with E-state index in [1.165, 1.54) is 60.7 Å². The molecule has 11 atom stereocenters. The van der Waals surface area contributed by atoms with Crippen molar-refractivity contribution in [2.24, 2.45) is 0 Å². The predicted molar refractivity (Wildman–Crippen MR) is 439 cm³/mol. The lowest BCUT2D eigenvalue weighted by Gasteiger charge is -2.40. The minimum Gasteiger partial charge on any atom is -0.462 e. The van der Waals surface area contributed by atoms with Crippen LogP contribution in [0.5, 0.6) is 11.5 Å². The summed E-state index contributed by atoms with van der Waals surface area (Å²) in [5, 5.41) is 104. The molecule has 2 saturated heterocycles. The number of aromatic nitrogens is 6. The Morgan fingerprint density at radius 2 is 0.839 bits per heavy atom. The van der Waals surface area contributed by atoms with Gasteiger partial charge in [0.1, 0.15) is 54.2 Å². The predicted octanol–water partition coefficient (Wildman–Crippen LogP) is -1.01. The zero-order valence-electron chi connectivity index (χ0n) is 69.1. The quantitative estimate of drug-likeness (QED) is 0.0143. The van der Waals surface area contributed by atoms with Gasteiger partial charge >= 0.3 is 27.3 Å². The van der Waals surface area contributed by atoms with Crippen LogP contribution in [0.1, 0.15) is 127 Å². The van der Waals surface area contributed by atoms with Gasteiger partial charge in [-0.3, -0.25) is 57.0 Å². The van der Waals surface area contributed by atoms with Crippen LogP contribution in [0.15, 0.2) is 73.1 Å². The van der Waals surface area contributed by atoms with Crippen molar-refractivity contribution in [2.75, 3.05) is 122 Å². The molecule has 0 bridgehead atoms. The highest BCUT2D eigenvalue weighted by molar-refractivity contribution is 7.52. The van der Waals surface area contributed by atoms with Crippen molar-refractivity contribution in [3.8, 4) is 11.5 Å². The highest BCUT2D eigenvalue weighted by Gasteiger charge is 2.47. The summed E-state index contributed by atoms with van der Waals surface area (Å²) in [6.45, 7) is 4.66. The lowest BCUT2D eigenvalue weighted by Crippen LogP contribution is -2.59. The van der Waals surface area contributed by atoms with Gasteiger partial charge in [-0.25, -0.2) is 9.59 Å².